The zero-order chi connectivity index (χ0) is 19.2. The fraction of sp³-hybridized carbons (Fsp3) is 0.556. The molecule has 27 heavy (non-hydrogen) atoms. The molecule has 1 heterocycles. The molecule has 152 valence electrons. The van der Waals surface area contributed by atoms with Gasteiger partial charge in [0.1, 0.15) is 0 Å². The van der Waals surface area contributed by atoms with E-state index in [1.165, 1.54) is 0 Å². The molecule has 1 amide bonds. The highest BCUT2D eigenvalue weighted by Crippen LogP contribution is 2.23. The standard InChI is InChI=1S/C18H28N4O3S.HI/c1-4-19-17(22-12-13-26(24,25)18(2,3)14-22)21-11-10-20-16(23)15-8-6-5-7-9-15;/h5-9H,4,10-14H2,1-3H3,(H,19,21)(H,20,23);1H. The normalized spacial score (nSPS) is 18.3. The molecular weight excluding hydrogens is 479 g/mol. The van der Waals surface area contributed by atoms with Gasteiger partial charge in [-0.2, -0.15) is 0 Å². The lowest BCUT2D eigenvalue weighted by atomic mass is 10.2. The van der Waals surface area contributed by atoms with Gasteiger partial charge in [-0.25, -0.2) is 8.42 Å². The lowest BCUT2D eigenvalue weighted by Crippen LogP contribution is -2.57. The number of nitrogens with zero attached hydrogens (tertiary/aromatic N) is 2. The summed E-state index contributed by atoms with van der Waals surface area (Å²) in [5, 5.41) is 6.05. The molecule has 1 fully saturated rings. The van der Waals surface area contributed by atoms with Crippen LogP contribution in [-0.4, -0.2) is 68.4 Å². The number of aliphatic imine (C=N–C) groups is 1. The predicted octanol–water partition coefficient (Wildman–Crippen LogP) is 1.51. The molecule has 0 radical (unpaired) electrons. The zero-order valence-corrected chi connectivity index (χ0v) is 19.2. The van der Waals surface area contributed by atoms with E-state index in [9.17, 15) is 13.2 Å². The first kappa shape index (κ1) is 23.7. The summed E-state index contributed by atoms with van der Waals surface area (Å²) in [7, 11) is -3.09. The van der Waals surface area contributed by atoms with Crippen molar-refractivity contribution < 1.29 is 13.2 Å². The van der Waals surface area contributed by atoms with E-state index in [-0.39, 0.29) is 35.6 Å². The SMILES string of the molecule is CCNC(=NCCNC(=O)c1ccccc1)N1CCS(=O)(=O)C(C)(C)C1.I. The first-order valence-electron chi connectivity index (χ1n) is 8.85. The van der Waals surface area contributed by atoms with E-state index < -0.39 is 14.6 Å². The molecule has 1 aromatic rings. The summed E-state index contributed by atoms with van der Waals surface area (Å²) in [6.07, 6.45) is 0. The molecule has 2 rings (SSSR count). The van der Waals surface area contributed by atoms with Crippen LogP contribution < -0.4 is 10.6 Å². The van der Waals surface area contributed by atoms with E-state index in [1.54, 1.807) is 26.0 Å². The van der Waals surface area contributed by atoms with Crippen LogP contribution in [0.2, 0.25) is 0 Å². The number of rotatable bonds is 5. The molecule has 1 aromatic carbocycles. The second-order valence-electron chi connectivity index (χ2n) is 6.86. The molecule has 1 aliphatic heterocycles. The van der Waals surface area contributed by atoms with Crippen molar-refractivity contribution in [3.05, 3.63) is 35.9 Å². The van der Waals surface area contributed by atoms with Gasteiger partial charge in [-0.15, -0.1) is 24.0 Å². The van der Waals surface area contributed by atoms with Crippen molar-refractivity contribution in [2.75, 3.05) is 38.5 Å². The summed E-state index contributed by atoms with van der Waals surface area (Å²) in [6.45, 7) is 7.82. The maximum absolute atomic E-state index is 12.2. The quantitative estimate of drug-likeness (QED) is 0.273. The summed E-state index contributed by atoms with van der Waals surface area (Å²) < 4.78 is 23.5. The topological polar surface area (TPSA) is 90.9 Å². The van der Waals surface area contributed by atoms with Crippen LogP contribution in [0.25, 0.3) is 0 Å². The third-order valence-corrected chi connectivity index (χ3v) is 6.91. The van der Waals surface area contributed by atoms with Crippen molar-refractivity contribution in [1.29, 1.82) is 0 Å². The van der Waals surface area contributed by atoms with E-state index in [2.05, 4.69) is 15.6 Å². The number of hydrogen-bond donors (Lipinski definition) is 2. The summed E-state index contributed by atoms with van der Waals surface area (Å²) in [5.74, 6) is 0.676. The smallest absolute Gasteiger partial charge is 0.251 e. The molecule has 9 heteroatoms. The van der Waals surface area contributed by atoms with Crippen LogP contribution in [0.1, 0.15) is 31.1 Å². The summed E-state index contributed by atoms with van der Waals surface area (Å²) >= 11 is 0. The maximum atomic E-state index is 12.2. The first-order chi connectivity index (χ1) is 12.3. The minimum Gasteiger partial charge on any atom is -0.357 e. The van der Waals surface area contributed by atoms with Crippen LogP contribution in [0, 0.1) is 0 Å². The average Bonchev–Trinajstić information content (AvgIpc) is 2.60. The minimum atomic E-state index is -3.09. The lowest BCUT2D eigenvalue weighted by Gasteiger charge is -2.39. The number of sulfone groups is 1. The summed E-state index contributed by atoms with van der Waals surface area (Å²) in [6, 6.07) is 9.03. The molecule has 1 saturated heterocycles. The van der Waals surface area contributed by atoms with E-state index in [0.29, 0.717) is 44.2 Å². The van der Waals surface area contributed by atoms with E-state index in [0.717, 1.165) is 0 Å². The molecule has 0 aliphatic carbocycles. The Balaban J connectivity index is 0.00000364. The van der Waals surface area contributed by atoms with E-state index in [4.69, 9.17) is 0 Å². The predicted molar refractivity (Wildman–Crippen MR) is 120 cm³/mol. The van der Waals surface area contributed by atoms with Crippen molar-refractivity contribution in [3.8, 4) is 0 Å². The highest BCUT2D eigenvalue weighted by atomic mass is 127. The van der Waals surface area contributed by atoms with Gasteiger partial charge in [0.25, 0.3) is 5.91 Å². The molecule has 0 spiro atoms. The molecule has 0 aromatic heterocycles. The van der Waals surface area contributed by atoms with E-state index >= 15 is 0 Å². The number of amides is 1. The fourth-order valence-corrected chi connectivity index (χ4v) is 4.14. The molecule has 0 unspecified atom stereocenters. The Morgan fingerprint density at radius 3 is 2.48 bits per heavy atom. The number of halogens is 1. The van der Waals surface area contributed by atoms with Crippen molar-refractivity contribution in [3.63, 3.8) is 0 Å². The number of carbonyl (C=O) groups excluding carboxylic acids is 1. The van der Waals surface area contributed by atoms with Gasteiger partial charge in [0.15, 0.2) is 15.8 Å². The molecule has 7 nitrogen and oxygen atoms in total. The highest BCUT2D eigenvalue weighted by Gasteiger charge is 2.40. The number of guanidine groups is 1. The lowest BCUT2D eigenvalue weighted by molar-refractivity contribution is 0.0954. The van der Waals surface area contributed by atoms with Crippen molar-refractivity contribution in [1.82, 2.24) is 15.5 Å². The Morgan fingerprint density at radius 1 is 1.22 bits per heavy atom. The van der Waals surface area contributed by atoms with Gasteiger partial charge in [0.2, 0.25) is 0 Å². The molecular formula is C18H29IN4O3S. The van der Waals surface area contributed by atoms with Gasteiger partial charge in [-0.3, -0.25) is 9.79 Å². The van der Waals surface area contributed by atoms with Crippen LogP contribution in [0.4, 0.5) is 0 Å². The van der Waals surface area contributed by atoms with Crippen LogP contribution in [-0.2, 0) is 9.84 Å². The number of carbonyl (C=O) groups is 1. The van der Waals surface area contributed by atoms with Gasteiger partial charge < -0.3 is 15.5 Å². The molecule has 0 bridgehead atoms. The summed E-state index contributed by atoms with van der Waals surface area (Å²) in [4.78, 5) is 18.5. The van der Waals surface area contributed by atoms with Gasteiger partial charge in [-0.05, 0) is 32.9 Å². The molecule has 2 N–H and O–H groups in total. The minimum absolute atomic E-state index is 0. The molecule has 0 saturated carbocycles. The number of nitrogens with one attached hydrogen (secondary N) is 2. The second-order valence-corrected chi connectivity index (χ2v) is 9.60. The Morgan fingerprint density at radius 2 is 1.89 bits per heavy atom. The second kappa shape index (κ2) is 10.3. The van der Waals surface area contributed by atoms with Crippen LogP contribution in [0.5, 0.6) is 0 Å². The highest BCUT2D eigenvalue weighted by molar-refractivity contribution is 14.0. The van der Waals surface area contributed by atoms with Crippen molar-refractivity contribution in [2.45, 2.75) is 25.5 Å². The van der Waals surface area contributed by atoms with E-state index in [1.807, 2.05) is 30.0 Å². The first-order valence-corrected chi connectivity index (χ1v) is 10.5. The van der Waals surface area contributed by atoms with Crippen LogP contribution >= 0.6 is 24.0 Å². The zero-order valence-electron chi connectivity index (χ0n) is 16.1. The number of hydrogen-bond acceptors (Lipinski definition) is 4. The van der Waals surface area contributed by atoms with Crippen molar-refractivity contribution >= 4 is 45.7 Å². The molecule has 1 aliphatic rings. The molecule has 0 atom stereocenters. The number of benzene rings is 1. The Labute approximate surface area is 178 Å². The monoisotopic (exact) mass is 508 g/mol. The Kier molecular flexibility index (Phi) is 9.00. The van der Waals surface area contributed by atoms with Gasteiger partial charge in [0, 0.05) is 31.7 Å². The fourth-order valence-electron chi connectivity index (χ4n) is 2.77. The Hall–Kier alpha value is -1.36. The van der Waals surface area contributed by atoms with Crippen molar-refractivity contribution in [2.24, 2.45) is 4.99 Å². The summed E-state index contributed by atoms with van der Waals surface area (Å²) in [5.41, 5.74) is 0.617. The third kappa shape index (κ3) is 6.34. The van der Waals surface area contributed by atoms with Crippen LogP contribution in [0.15, 0.2) is 35.3 Å². The van der Waals surface area contributed by atoms with Gasteiger partial charge >= 0.3 is 0 Å². The maximum Gasteiger partial charge on any atom is 0.251 e. The largest absolute Gasteiger partial charge is 0.357 e. The Bertz CT molecular complexity index is 751. The van der Waals surface area contributed by atoms with Gasteiger partial charge in [0.05, 0.1) is 17.0 Å². The third-order valence-electron chi connectivity index (χ3n) is 4.37. The average molecular weight is 508 g/mol. The van der Waals surface area contributed by atoms with Gasteiger partial charge in [-0.1, -0.05) is 18.2 Å². The van der Waals surface area contributed by atoms with Crippen LogP contribution in [0.3, 0.4) is 0 Å².